The second-order valence-electron chi connectivity index (χ2n) is 4.82. The fourth-order valence-corrected chi connectivity index (χ4v) is 2.88. The molecule has 1 aliphatic rings. The summed E-state index contributed by atoms with van der Waals surface area (Å²) in [5, 5.41) is 8.11. The summed E-state index contributed by atoms with van der Waals surface area (Å²) in [4.78, 5) is 0. The number of nitrogens with one attached hydrogen (secondary N) is 2. The lowest BCUT2D eigenvalue weighted by atomic mass is 9.95. The third kappa shape index (κ3) is 4.87. The summed E-state index contributed by atoms with van der Waals surface area (Å²) in [5.41, 5.74) is 0.700. The molecular weight excluding hydrogens is 321 g/mol. The molecule has 1 aliphatic heterocycles. The first-order chi connectivity index (χ1) is 9.87. The van der Waals surface area contributed by atoms with E-state index in [0.717, 1.165) is 0 Å². The van der Waals surface area contributed by atoms with Crippen LogP contribution in [0.15, 0.2) is 18.2 Å². The van der Waals surface area contributed by atoms with Gasteiger partial charge in [-0.05, 0) is 17.7 Å². The molecule has 0 aromatic heterocycles. The second kappa shape index (κ2) is 6.99. The summed E-state index contributed by atoms with van der Waals surface area (Å²) in [6.07, 6.45) is -0.396. The zero-order chi connectivity index (χ0) is 15.5. The molecule has 2 atom stereocenters. The molecule has 1 saturated heterocycles. The third-order valence-corrected chi connectivity index (χ3v) is 4.09. The average molecular weight is 338 g/mol. The zero-order valence-corrected chi connectivity index (χ0v) is 12.8. The number of rotatable bonds is 4. The van der Waals surface area contributed by atoms with E-state index in [9.17, 15) is 12.8 Å². The van der Waals surface area contributed by atoms with Crippen LogP contribution in [0.2, 0.25) is 5.02 Å². The van der Waals surface area contributed by atoms with Gasteiger partial charge in [0.15, 0.2) is 0 Å². The van der Waals surface area contributed by atoms with E-state index in [1.807, 2.05) is 0 Å². The fraction of sp³-hybridized carbons (Fsp3) is 0.500. The molecule has 1 unspecified atom stereocenters. The number of halogens is 2. The molecule has 0 aliphatic carbocycles. The minimum absolute atomic E-state index is 0.00598. The maximum absolute atomic E-state index is 13.3. The summed E-state index contributed by atoms with van der Waals surface area (Å²) in [5.74, 6) is -0.696. The van der Waals surface area contributed by atoms with Crippen molar-refractivity contribution < 1.29 is 17.5 Å². The van der Waals surface area contributed by atoms with Gasteiger partial charge in [-0.25, -0.2) is 14.3 Å². The number of hydrogen-bond donors (Lipinski definition) is 3. The maximum Gasteiger partial charge on any atom is 0.274 e. The second-order valence-corrected chi connectivity index (χ2v) is 6.61. The Hall–Kier alpha value is -0.770. The number of benzene rings is 1. The molecule has 6 nitrogen and oxygen atoms in total. The highest BCUT2D eigenvalue weighted by Gasteiger charge is 2.27. The number of hydrogen-bond acceptors (Lipinski definition) is 4. The molecular formula is C12H17ClFN3O3S. The van der Waals surface area contributed by atoms with Gasteiger partial charge >= 0.3 is 0 Å². The van der Waals surface area contributed by atoms with Crippen molar-refractivity contribution in [2.24, 2.45) is 11.1 Å². The van der Waals surface area contributed by atoms with Crippen molar-refractivity contribution in [3.8, 4) is 0 Å². The maximum atomic E-state index is 13.3. The van der Waals surface area contributed by atoms with Gasteiger partial charge in [0.2, 0.25) is 0 Å². The van der Waals surface area contributed by atoms with Crippen LogP contribution >= 0.6 is 11.6 Å². The lowest BCUT2D eigenvalue weighted by Gasteiger charge is -2.25. The fourth-order valence-electron chi connectivity index (χ4n) is 2.25. The van der Waals surface area contributed by atoms with Crippen molar-refractivity contribution in [1.82, 2.24) is 10.0 Å². The van der Waals surface area contributed by atoms with E-state index < -0.39 is 22.1 Å². The molecule has 1 aromatic carbocycles. The molecule has 2 rings (SSSR count). The molecule has 0 amide bonds. The highest BCUT2D eigenvalue weighted by atomic mass is 35.5. The van der Waals surface area contributed by atoms with E-state index in [1.54, 1.807) is 6.07 Å². The van der Waals surface area contributed by atoms with E-state index in [2.05, 4.69) is 10.0 Å². The lowest BCUT2D eigenvalue weighted by Crippen LogP contribution is -2.39. The topological polar surface area (TPSA) is 93.5 Å². The summed E-state index contributed by atoms with van der Waals surface area (Å²) in [6.45, 7) is 1.77. The minimum atomic E-state index is -3.78. The van der Waals surface area contributed by atoms with Crippen molar-refractivity contribution in [2.75, 3.05) is 26.2 Å². The normalized spacial score (nSPS) is 23.8. The van der Waals surface area contributed by atoms with E-state index in [0.29, 0.717) is 25.3 Å². The lowest BCUT2D eigenvalue weighted by molar-refractivity contribution is 0.0322. The zero-order valence-electron chi connectivity index (χ0n) is 11.2. The van der Waals surface area contributed by atoms with Gasteiger partial charge in [-0.3, -0.25) is 0 Å². The standard InChI is InChI=1S/C12H17ClFN3O3S/c13-10-5-8(1-2-11(10)14)12-9(6-16-3-4-20-12)7-17-21(15,18)19/h1-2,5,9,12,16-17H,3-4,6-7H2,(H2,15,18,19)/t9-,12?/m1/s1. The van der Waals surface area contributed by atoms with Crippen molar-refractivity contribution in [1.29, 1.82) is 0 Å². The first-order valence-electron chi connectivity index (χ1n) is 6.41. The minimum Gasteiger partial charge on any atom is -0.372 e. The molecule has 118 valence electrons. The Balaban J connectivity index is 2.20. The molecule has 0 radical (unpaired) electrons. The van der Waals surface area contributed by atoms with Crippen LogP contribution in [0.5, 0.6) is 0 Å². The molecule has 9 heteroatoms. The van der Waals surface area contributed by atoms with Gasteiger partial charge in [0.25, 0.3) is 10.2 Å². The first kappa shape index (κ1) is 16.6. The Morgan fingerprint density at radius 2 is 2.29 bits per heavy atom. The van der Waals surface area contributed by atoms with E-state index in [1.165, 1.54) is 12.1 Å². The molecule has 0 spiro atoms. The molecule has 0 saturated carbocycles. The molecule has 0 bridgehead atoms. The Morgan fingerprint density at radius 1 is 1.52 bits per heavy atom. The number of nitrogens with two attached hydrogens (primary N) is 1. The largest absolute Gasteiger partial charge is 0.372 e. The summed E-state index contributed by atoms with van der Waals surface area (Å²) in [6, 6.07) is 4.35. The molecule has 1 heterocycles. The van der Waals surface area contributed by atoms with Crippen LogP contribution in [0.1, 0.15) is 11.7 Å². The molecule has 4 N–H and O–H groups in total. The SMILES string of the molecule is NS(=O)(=O)NC[C@H]1CNCCOC1c1ccc(F)c(Cl)c1. The van der Waals surface area contributed by atoms with Gasteiger partial charge in [-0.1, -0.05) is 17.7 Å². The quantitative estimate of drug-likeness (QED) is 0.748. The van der Waals surface area contributed by atoms with Gasteiger partial charge in [0.05, 0.1) is 17.7 Å². The van der Waals surface area contributed by atoms with Gasteiger partial charge in [0.1, 0.15) is 5.82 Å². The predicted octanol–water partition coefficient (Wildman–Crippen LogP) is 0.549. The highest BCUT2D eigenvalue weighted by molar-refractivity contribution is 7.87. The van der Waals surface area contributed by atoms with Gasteiger partial charge < -0.3 is 10.1 Å². The summed E-state index contributed by atoms with van der Waals surface area (Å²) in [7, 11) is -3.78. The molecule has 1 aromatic rings. The van der Waals surface area contributed by atoms with Crippen LogP contribution in [-0.4, -0.2) is 34.7 Å². The van der Waals surface area contributed by atoms with Crippen LogP contribution in [0.4, 0.5) is 4.39 Å². The smallest absolute Gasteiger partial charge is 0.274 e. The van der Waals surface area contributed by atoms with Crippen molar-refractivity contribution in [2.45, 2.75) is 6.10 Å². The van der Waals surface area contributed by atoms with Crippen LogP contribution in [-0.2, 0) is 14.9 Å². The van der Waals surface area contributed by atoms with Gasteiger partial charge in [-0.15, -0.1) is 0 Å². The molecule has 1 fully saturated rings. The van der Waals surface area contributed by atoms with Crippen molar-refractivity contribution >= 4 is 21.8 Å². The van der Waals surface area contributed by atoms with E-state index in [-0.39, 0.29) is 17.5 Å². The first-order valence-corrected chi connectivity index (χ1v) is 8.34. The Labute approximate surface area is 128 Å². The number of ether oxygens (including phenoxy) is 1. The Kier molecular flexibility index (Phi) is 5.53. The van der Waals surface area contributed by atoms with E-state index in [4.69, 9.17) is 21.5 Å². The van der Waals surface area contributed by atoms with Crippen LogP contribution in [0, 0.1) is 11.7 Å². The van der Waals surface area contributed by atoms with Gasteiger partial charge in [0, 0.05) is 25.6 Å². The third-order valence-electron chi connectivity index (χ3n) is 3.23. The predicted molar refractivity (Wildman–Crippen MR) is 77.6 cm³/mol. The summed E-state index contributed by atoms with van der Waals surface area (Å²) >= 11 is 5.79. The van der Waals surface area contributed by atoms with E-state index >= 15 is 0 Å². The Morgan fingerprint density at radius 3 is 2.95 bits per heavy atom. The van der Waals surface area contributed by atoms with Crippen molar-refractivity contribution in [3.05, 3.63) is 34.6 Å². The van der Waals surface area contributed by atoms with Crippen LogP contribution < -0.4 is 15.2 Å². The van der Waals surface area contributed by atoms with Gasteiger partial charge in [-0.2, -0.15) is 8.42 Å². The molecule has 21 heavy (non-hydrogen) atoms. The monoisotopic (exact) mass is 337 g/mol. The van der Waals surface area contributed by atoms with Crippen LogP contribution in [0.3, 0.4) is 0 Å². The Bertz CT molecular complexity index is 599. The average Bonchev–Trinajstić information content (AvgIpc) is 2.64. The highest BCUT2D eigenvalue weighted by Crippen LogP contribution is 2.29. The summed E-state index contributed by atoms with van der Waals surface area (Å²) < 4.78 is 43.3. The van der Waals surface area contributed by atoms with Crippen LogP contribution in [0.25, 0.3) is 0 Å². The van der Waals surface area contributed by atoms with Crippen molar-refractivity contribution in [3.63, 3.8) is 0 Å².